The molecular weight excluding hydrogens is 278 g/mol. The van der Waals surface area contributed by atoms with Gasteiger partial charge in [0.2, 0.25) is 11.8 Å². The van der Waals surface area contributed by atoms with Gasteiger partial charge in [0.25, 0.3) is 0 Å². The van der Waals surface area contributed by atoms with Gasteiger partial charge in [-0.25, -0.2) is 0 Å². The van der Waals surface area contributed by atoms with E-state index in [1.807, 2.05) is 18.7 Å². The number of hydrogen-bond acceptors (Lipinski definition) is 3. The number of nitrogens with zero attached hydrogens (tertiary/aromatic N) is 2. The number of hydrogen-bond donors (Lipinski definition) is 1. The van der Waals surface area contributed by atoms with Crippen LogP contribution in [-0.4, -0.2) is 60.4 Å². The lowest BCUT2D eigenvalue weighted by Crippen LogP contribution is -2.54. The zero-order chi connectivity index (χ0) is 16.3. The van der Waals surface area contributed by atoms with Crippen molar-refractivity contribution in [2.24, 2.45) is 11.8 Å². The summed E-state index contributed by atoms with van der Waals surface area (Å²) < 4.78 is 0. The van der Waals surface area contributed by atoms with E-state index in [4.69, 9.17) is 0 Å². The van der Waals surface area contributed by atoms with Crippen LogP contribution in [0.5, 0.6) is 0 Å². The van der Waals surface area contributed by atoms with E-state index in [-0.39, 0.29) is 29.7 Å². The smallest absolute Gasteiger partial charge is 0.225 e. The monoisotopic (exact) mass is 309 g/mol. The van der Waals surface area contributed by atoms with Crippen molar-refractivity contribution in [1.82, 2.24) is 15.1 Å². The summed E-state index contributed by atoms with van der Waals surface area (Å²) in [7, 11) is 2.12. The van der Waals surface area contributed by atoms with Gasteiger partial charge in [0.1, 0.15) is 0 Å². The van der Waals surface area contributed by atoms with Crippen LogP contribution in [0.3, 0.4) is 0 Å². The van der Waals surface area contributed by atoms with Crippen molar-refractivity contribution in [3.05, 3.63) is 0 Å². The largest absolute Gasteiger partial charge is 0.352 e. The number of piperidine rings is 2. The highest BCUT2D eigenvalue weighted by atomic mass is 16.2. The molecule has 126 valence electrons. The molecule has 2 aliphatic heterocycles. The molecular formula is C17H31N3O2. The fourth-order valence-corrected chi connectivity index (χ4v) is 3.53. The minimum absolute atomic E-state index is 0.0454. The van der Waals surface area contributed by atoms with Gasteiger partial charge in [0.15, 0.2) is 0 Å². The van der Waals surface area contributed by atoms with Crippen molar-refractivity contribution in [3.8, 4) is 0 Å². The van der Waals surface area contributed by atoms with Crippen molar-refractivity contribution in [1.29, 1.82) is 0 Å². The minimum atomic E-state index is 0.0454. The fraction of sp³-hybridized carbons (Fsp3) is 0.882. The lowest BCUT2D eigenvalue weighted by atomic mass is 9.92. The molecule has 2 fully saturated rings. The lowest BCUT2D eigenvalue weighted by molar-refractivity contribution is -0.138. The molecule has 2 amide bonds. The minimum Gasteiger partial charge on any atom is -0.352 e. The molecule has 2 atom stereocenters. The molecule has 2 saturated heterocycles. The first-order valence-electron chi connectivity index (χ1n) is 8.69. The molecule has 0 aliphatic carbocycles. The van der Waals surface area contributed by atoms with Crippen LogP contribution in [0.1, 0.15) is 46.5 Å². The SMILES string of the molecule is CC(C)C(=O)N1CCC(C(=O)N[C@H]2CCCN(C)[C@@H]2C)CC1. The van der Waals surface area contributed by atoms with Gasteiger partial charge in [-0.15, -0.1) is 0 Å². The van der Waals surface area contributed by atoms with E-state index in [1.54, 1.807) is 0 Å². The predicted octanol–water partition coefficient (Wildman–Crippen LogP) is 1.48. The van der Waals surface area contributed by atoms with E-state index in [2.05, 4.69) is 24.2 Å². The van der Waals surface area contributed by atoms with Gasteiger partial charge in [-0.3, -0.25) is 9.59 Å². The second kappa shape index (κ2) is 7.44. The summed E-state index contributed by atoms with van der Waals surface area (Å²) in [6, 6.07) is 0.668. The summed E-state index contributed by atoms with van der Waals surface area (Å²) in [6.07, 6.45) is 3.80. The van der Waals surface area contributed by atoms with Crippen molar-refractivity contribution in [2.45, 2.75) is 58.5 Å². The number of rotatable bonds is 3. The van der Waals surface area contributed by atoms with E-state index < -0.39 is 0 Å². The summed E-state index contributed by atoms with van der Waals surface area (Å²) >= 11 is 0. The quantitative estimate of drug-likeness (QED) is 0.859. The van der Waals surface area contributed by atoms with Gasteiger partial charge >= 0.3 is 0 Å². The molecule has 2 rings (SSSR count). The second-order valence-electron chi connectivity index (χ2n) is 7.23. The molecule has 22 heavy (non-hydrogen) atoms. The average Bonchev–Trinajstić information content (AvgIpc) is 2.51. The molecule has 0 bridgehead atoms. The molecule has 5 heteroatoms. The molecule has 0 saturated carbocycles. The first-order valence-corrected chi connectivity index (χ1v) is 8.69. The number of likely N-dealkylation sites (N-methyl/N-ethyl adjacent to an activating group) is 1. The third kappa shape index (κ3) is 4.00. The van der Waals surface area contributed by atoms with Crippen LogP contribution in [0, 0.1) is 11.8 Å². The molecule has 5 nitrogen and oxygen atoms in total. The van der Waals surface area contributed by atoms with Crippen LogP contribution in [0.2, 0.25) is 0 Å². The molecule has 2 heterocycles. The van der Waals surface area contributed by atoms with Gasteiger partial charge < -0.3 is 15.1 Å². The van der Waals surface area contributed by atoms with Crippen LogP contribution in [0.4, 0.5) is 0 Å². The molecule has 1 N–H and O–H groups in total. The zero-order valence-electron chi connectivity index (χ0n) is 14.5. The van der Waals surface area contributed by atoms with Crippen LogP contribution >= 0.6 is 0 Å². The summed E-state index contributed by atoms with van der Waals surface area (Å²) in [5.41, 5.74) is 0. The molecule has 0 aromatic rings. The number of carbonyl (C=O) groups is 2. The number of carbonyl (C=O) groups excluding carboxylic acids is 2. The highest BCUT2D eigenvalue weighted by molar-refractivity contribution is 5.81. The van der Waals surface area contributed by atoms with Crippen LogP contribution in [0.25, 0.3) is 0 Å². The Kier molecular flexibility index (Phi) is 5.84. The van der Waals surface area contributed by atoms with E-state index in [1.165, 1.54) is 0 Å². The fourth-order valence-electron chi connectivity index (χ4n) is 3.53. The number of likely N-dealkylation sites (tertiary alicyclic amines) is 2. The molecule has 0 spiro atoms. The molecule has 0 aromatic carbocycles. The van der Waals surface area contributed by atoms with E-state index >= 15 is 0 Å². The summed E-state index contributed by atoms with van der Waals surface area (Å²) in [5, 5.41) is 3.25. The third-order valence-electron chi connectivity index (χ3n) is 5.30. The summed E-state index contributed by atoms with van der Waals surface area (Å²) in [4.78, 5) is 28.7. The predicted molar refractivity (Wildman–Crippen MR) is 87.4 cm³/mol. The van der Waals surface area contributed by atoms with Crippen molar-refractivity contribution in [2.75, 3.05) is 26.7 Å². The van der Waals surface area contributed by atoms with E-state index in [0.717, 1.165) is 45.3 Å². The topological polar surface area (TPSA) is 52.7 Å². The van der Waals surface area contributed by atoms with Gasteiger partial charge in [0.05, 0.1) is 0 Å². The third-order valence-corrected chi connectivity index (χ3v) is 5.30. The molecule has 0 radical (unpaired) electrons. The Balaban J connectivity index is 1.81. The Bertz CT molecular complexity index is 403. The maximum absolute atomic E-state index is 12.5. The van der Waals surface area contributed by atoms with Gasteiger partial charge in [-0.2, -0.15) is 0 Å². The Labute approximate surface area is 134 Å². The molecule has 2 aliphatic rings. The first-order chi connectivity index (χ1) is 10.4. The average molecular weight is 309 g/mol. The Morgan fingerprint density at radius 2 is 1.73 bits per heavy atom. The second-order valence-corrected chi connectivity index (χ2v) is 7.23. The van der Waals surface area contributed by atoms with Crippen molar-refractivity contribution >= 4 is 11.8 Å². The zero-order valence-corrected chi connectivity index (χ0v) is 14.5. The number of amides is 2. The Hall–Kier alpha value is -1.10. The van der Waals surface area contributed by atoms with Crippen LogP contribution in [-0.2, 0) is 9.59 Å². The highest BCUT2D eigenvalue weighted by Crippen LogP contribution is 2.21. The van der Waals surface area contributed by atoms with Gasteiger partial charge in [-0.1, -0.05) is 13.8 Å². The lowest BCUT2D eigenvalue weighted by Gasteiger charge is -2.39. The number of nitrogens with one attached hydrogen (secondary N) is 1. The summed E-state index contributed by atoms with van der Waals surface area (Å²) in [5.74, 6) is 0.504. The standard InChI is InChI=1S/C17H31N3O2/c1-12(2)17(22)20-10-7-14(8-11-20)16(21)18-15-6-5-9-19(4)13(15)3/h12-15H,5-11H2,1-4H3,(H,18,21)/t13-,15+/m1/s1. The van der Waals surface area contributed by atoms with Gasteiger partial charge in [0, 0.05) is 37.0 Å². The highest BCUT2D eigenvalue weighted by Gasteiger charge is 2.32. The van der Waals surface area contributed by atoms with E-state index in [0.29, 0.717) is 6.04 Å². The maximum atomic E-state index is 12.5. The van der Waals surface area contributed by atoms with E-state index in [9.17, 15) is 9.59 Å². The normalized spacial score (nSPS) is 28.0. The van der Waals surface area contributed by atoms with Crippen LogP contribution in [0.15, 0.2) is 0 Å². The van der Waals surface area contributed by atoms with Crippen molar-refractivity contribution in [3.63, 3.8) is 0 Å². The maximum Gasteiger partial charge on any atom is 0.225 e. The Morgan fingerprint density at radius 3 is 2.32 bits per heavy atom. The van der Waals surface area contributed by atoms with Gasteiger partial charge in [-0.05, 0) is 46.2 Å². The summed E-state index contributed by atoms with van der Waals surface area (Å²) in [6.45, 7) is 8.60. The first kappa shape index (κ1) is 17.3. The van der Waals surface area contributed by atoms with Crippen LogP contribution < -0.4 is 5.32 Å². The van der Waals surface area contributed by atoms with Crippen molar-refractivity contribution < 1.29 is 9.59 Å². The molecule has 0 aromatic heterocycles. The Morgan fingerprint density at radius 1 is 1.09 bits per heavy atom. The molecule has 0 unspecified atom stereocenters.